The van der Waals surface area contributed by atoms with E-state index in [-0.39, 0.29) is 18.6 Å². The molecular formula is C21H31N3O5. The molecule has 1 aromatic heterocycles. The number of hydrogen-bond donors (Lipinski definition) is 2. The quantitative estimate of drug-likeness (QED) is 0.464. The van der Waals surface area contributed by atoms with Crippen molar-refractivity contribution in [2.45, 2.75) is 19.9 Å². The standard InChI is InChI=1S/C21H31N3O5/c1-17-15-23-24(16-17)18(2)19-3-5-20(6-4-19)21(26)22-7-9-27-11-13-29-14-12-28-10-8-25/h3-6,15-16,18,25H,7-14H2,1-2H3,(H,22,26). The van der Waals surface area contributed by atoms with Gasteiger partial charge < -0.3 is 24.6 Å². The van der Waals surface area contributed by atoms with E-state index in [1.54, 1.807) is 0 Å². The average molecular weight is 405 g/mol. The van der Waals surface area contributed by atoms with Crippen molar-refractivity contribution >= 4 is 5.91 Å². The largest absolute Gasteiger partial charge is 0.394 e. The molecule has 1 unspecified atom stereocenters. The summed E-state index contributed by atoms with van der Waals surface area (Å²) in [5.74, 6) is -0.125. The van der Waals surface area contributed by atoms with Crippen LogP contribution in [0.4, 0.5) is 0 Å². The summed E-state index contributed by atoms with van der Waals surface area (Å²) in [6, 6.07) is 7.66. The fraction of sp³-hybridized carbons (Fsp3) is 0.524. The Labute approximate surface area is 171 Å². The third kappa shape index (κ3) is 8.33. The number of nitrogens with zero attached hydrogens (tertiary/aromatic N) is 2. The molecule has 1 amide bonds. The predicted molar refractivity (Wildman–Crippen MR) is 109 cm³/mol. The van der Waals surface area contributed by atoms with Crippen molar-refractivity contribution in [3.05, 3.63) is 53.3 Å². The van der Waals surface area contributed by atoms with Crippen molar-refractivity contribution in [2.24, 2.45) is 0 Å². The van der Waals surface area contributed by atoms with Crippen LogP contribution in [0.2, 0.25) is 0 Å². The highest BCUT2D eigenvalue weighted by atomic mass is 16.5. The van der Waals surface area contributed by atoms with Crippen LogP contribution in [0.3, 0.4) is 0 Å². The minimum atomic E-state index is -0.125. The van der Waals surface area contributed by atoms with Gasteiger partial charge in [0, 0.05) is 18.3 Å². The number of benzene rings is 1. The molecular weight excluding hydrogens is 374 g/mol. The van der Waals surface area contributed by atoms with E-state index in [4.69, 9.17) is 19.3 Å². The summed E-state index contributed by atoms with van der Waals surface area (Å²) >= 11 is 0. The molecule has 160 valence electrons. The van der Waals surface area contributed by atoms with Crippen LogP contribution in [-0.4, -0.2) is 73.6 Å². The van der Waals surface area contributed by atoms with E-state index in [9.17, 15) is 4.79 Å². The van der Waals surface area contributed by atoms with Gasteiger partial charge in [0.1, 0.15) is 0 Å². The summed E-state index contributed by atoms with van der Waals surface area (Å²) in [6.45, 7) is 7.12. The Morgan fingerprint density at radius 3 is 2.28 bits per heavy atom. The average Bonchev–Trinajstić information content (AvgIpc) is 3.17. The number of aryl methyl sites for hydroxylation is 1. The zero-order valence-electron chi connectivity index (χ0n) is 17.2. The lowest BCUT2D eigenvalue weighted by Crippen LogP contribution is -2.27. The maximum atomic E-state index is 12.2. The number of amides is 1. The van der Waals surface area contributed by atoms with Crippen molar-refractivity contribution in [2.75, 3.05) is 52.8 Å². The number of carbonyl (C=O) groups excluding carboxylic acids is 1. The van der Waals surface area contributed by atoms with E-state index in [1.165, 1.54) is 0 Å². The summed E-state index contributed by atoms with van der Waals surface area (Å²) < 4.78 is 17.7. The van der Waals surface area contributed by atoms with E-state index >= 15 is 0 Å². The molecule has 29 heavy (non-hydrogen) atoms. The summed E-state index contributed by atoms with van der Waals surface area (Å²) in [5, 5.41) is 15.7. The monoisotopic (exact) mass is 405 g/mol. The van der Waals surface area contributed by atoms with Crippen LogP contribution in [0.5, 0.6) is 0 Å². The highest BCUT2D eigenvalue weighted by Crippen LogP contribution is 2.18. The molecule has 8 nitrogen and oxygen atoms in total. The van der Waals surface area contributed by atoms with Crippen LogP contribution in [-0.2, 0) is 14.2 Å². The minimum Gasteiger partial charge on any atom is -0.394 e. The van der Waals surface area contributed by atoms with Crippen molar-refractivity contribution in [1.29, 1.82) is 0 Å². The van der Waals surface area contributed by atoms with Gasteiger partial charge in [-0.3, -0.25) is 9.48 Å². The molecule has 0 radical (unpaired) electrons. The molecule has 8 heteroatoms. The molecule has 1 aromatic carbocycles. The lowest BCUT2D eigenvalue weighted by Gasteiger charge is -2.13. The third-order valence-electron chi connectivity index (χ3n) is 4.29. The number of nitrogens with one attached hydrogen (secondary N) is 1. The van der Waals surface area contributed by atoms with Gasteiger partial charge in [-0.05, 0) is 37.1 Å². The molecule has 0 aliphatic rings. The summed E-state index contributed by atoms with van der Waals surface area (Å²) in [4.78, 5) is 12.2. The Balaban J connectivity index is 1.59. The summed E-state index contributed by atoms with van der Waals surface area (Å²) in [6.07, 6.45) is 3.83. The van der Waals surface area contributed by atoms with Gasteiger partial charge in [0.2, 0.25) is 0 Å². The van der Waals surface area contributed by atoms with Crippen molar-refractivity contribution in [3.8, 4) is 0 Å². The zero-order chi connectivity index (χ0) is 20.9. The van der Waals surface area contributed by atoms with Crippen molar-refractivity contribution in [3.63, 3.8) is 0 Å². The van der Waals surface area contributed by atoms with E-state index in [1.807, 2.05) is 48.3 Å². The third-order valence-corrected chi connectivity index (χ3v) is 4.29. The molecule has 1 atom stereocenters. The smallest absolute Gasteiger partial charge is 0.251 e. The number of carbonyl (C=O) groups is 1. The molecule has 0 bridgehead atoms. The Bertz CT molecular complexity index is 717. The number of aliphatic hydroxyl groups excluding tert-OH is 1. The normalized spacial score (nSPS) is 12.1. The first kappa shape index (κ1) is 23.0. The van der Waals surface area contributed by atoms with Crippen LogP contribution in [0.25, 0.3) is 0 Å². The van der Waals surface area contributed by atoms with Crippen LogP contribution in [0.1, 0.15) is 34.5 Å². The fourth-order valence-corrected chi connectivity index (χ4v) is 2.66. The van der Waals surface area contributed by atoms with Crippen LogP contribution in [0, 0.1) is 6.92 Å². The summed E-state index contributed by atoms with van der Waals surface area (Å²) in [5.41, 5.74) is 2.83. The maximum absolute atomic E-state index is 12.2. The summed E-state index contributed by atoms with van der Waals surface area (Å²) in [7, 11) is 0. The Morgan fingerprint density at radius 2 is 1.69 bits per heavy atom. The Hall–Kier alpha value is -2.26. The maximum Gasteiger partial charge on any atom is 0.251 e. The number of aliphatic hydroxyl groups is 1. The van der Waals surface area contributed by atoms with E-state index < -0.39 is 0 Å². The second kappa shape index (κ2) is 13.1. The molecule has 0 fully saturated rings. The van der Waals surface area contributed by atoms with Crippen LogP contribution < -0.4 is 5.32 Å². The number of aromatic nitrogens is 2. The SMILES string of the molecule is Cc1cnn(C(C)c2ccc(C(=O)NCCOCCOCCOCCO)cc2)c1. The molecule has 0 saturated carbocycles. The number of hydrogen-bond acceptors (Lipinski definition) is 6. The van der Waals surface area contributed by atoms with Gasteiger partial charge in [-0.15, -0.1) is 0 Å². The molecule has 0 saturated heterocycles. The first-order valence-corrected chi connectivity index (χ1v) is 9.85. The van der Waals surface area contributed by atoms with Crippen LogP contribution in [0.15, 0.2) is 36.7 Å². The van der Waals surface area contributed by atoms with E-state index in [2.05, 4.69) is 17.3 Å². The molecule has 0 spiro atoms. The first-order chi connectivity index (χ1) is 14.1. The van der Waals surface area contributed by atoms with Gasteiger partial charge in [0.25, 0.3) is 5.91 Å². The predicted octanol–water partition coefficient (Wildman–Crippen LogP) is 1.57. The van der Waals surface area contributed by atoms with Crippen molar-refractivity contribution in [1.82, 2.24) is 15.1 Å². The zero-order valence-corrected chi connectivity index (χ0v) is 17.2. The second-order valence-electron chi connectivity index (χ2n) is 6.61. The lowest BCUT2D eigenvalue weighted by atomic mass is 10.1. The first-order valence-electron chi connectivity index (χ1n) is 9.85. The van der Waals surface area contributed by atoms with Gasteiger partial charge in [-0.1, -0.05) is 12.1 Å². The molecule has 1 heterocycles. The molecule has 0 aliphatic heterocycles. The Morgan fingerprint density at radius 1 is 1.07 bits per heavy atom. The minimum absolute atomic E-state index is 0.0170. The molecule has 2 rings (SSSR count). The van der Waals surface area contributed by atoms with Crippen LogP contribution >= 0.6 is 0 Å². The van der Waals surface area contributed by atoms with Gasteiger partial charge >= 0.3 is 0 Å². The van der Waals surface area contributed by atoms with E-state index in [0.717, 1.165) is 11.1 Å². The number of ether oxygens (including phenoxy) is 3. The topological polar surface area (TPSA) is 94.8 Å². The molecule has 2 N–H and O–H groups in total. The lowest BCUT2D eigenvalue weighted by molar-refractivity contribution is 0.00825. The van der Waals surface area contributed by atoms with Gasteiger partial charge in [-0.2, -0.15) is 5.10 Å². The highest BCUT2D eigenvalue weighted by molar-refractivity contribution is 5.94. The van der Waals surface area contributed by atoms with Gasteiger partial charge in [0.05, 0.1) is 58.5 Å². The second-order valence-corrected chi connectivity index (χ2v) is 6.61. The van der Waals surface area contributed by atoms with Crippen molar-refractivity contribution < 1.29 is 24.1 Å². The van der Waals surface area contributed by atoms with Gasteiger partial charge in [0.15, 0.2) is 0 Å². The highest BCUT2D eigenvalue weighted by Gasteiger charge is 2.10. The number of rotatable bonds is 14. The molecule has 2 aromatic rings. The fourth-order valence-electron chi connectivity index (χ4n) is 2.66. The van der Waals surface area contributed by atoms with E-state index in [0.29, 0.717) is 51.7 Å². The Kier molecular flexibility index (Phi) is 10.4. The molecule has 0 aliphatic carbocycles. The van der Waals surface area contributed by atoms with Gasteiger partial charge in [-0.25, -0.2) is 0 Å².